The molecule has 1 fully saturated rings. The van der Waals surface area contributed by atoms with Gasteiger partial charge in [-0.15, -0.1) is 0 Å². The Bertz CT molecular complexity index is 416. The highest BCUT2D eigenvalue weighted by Crippen LogP contribution is 2.29. The molecule has 0 spiro atoms. The number of hydrogen-bond acceptors (Lipinski definition) is 5. The summed E-state index contributed by atoms with van der Waals surface area (Å²) < 4.78 is 36.1. The highest BCUT2D eigenvalue weighted by atomic mass is 32.2. The van der Waals surface area contributed by atoms with Gasteiger partial charge in [0.2, 0.25) is 0 Å². The van der Waals surface area contributed by atoms with E-state index >= 15 is 0 Å². The van der Waals surface area contributed by atoms with Gasteiger partial charge in [0.15, 0.2) is 0 Å². The lowest BCUT2D eigenvalue weighted by Gasteiger charge is -2.35. The normalized spacial score (nSPS) is 17.4. The number of alkyl halides is 3. The number of pyridine rings is 1. The highest BCUT2D eigenvalue weighted by molar-refractivity contribution is 8.00. The van der Waals surface area contributed by atoms with Crippen molar-refractivity contribution in [2.75, 3.05) is 49.1 Å². The number of nitrogens with two attached hydrogens (primary N) is 1. The minimum absolute atomic E-state index is 0.0445. The molecule has 1 aromatic rings. The van der Waals surface area contributed by atoms with Crippen LogP contribution in [0, 0.1) is 0 Å². The summed E-state index contributed by atoms with van der Waals surface area (Å²) in [6.07, 6.45) is 1.61. The van der Waals surface area contributed by atoms with Gasteiger partial charge in [-0.2, -0.15) is 13.2 Å². The summed E-state index contributed by atoms with van der Waals surface area (Å²) >= 11 is 0.0445. The Morgan fingerprint density at radius 2 is 1.90 bits per heavy atom. The molecule has 112 valence electrons. The zero-order valence-corrected chi connectivity index (χ0v) is 11.8. The predicted octanol–water partition coefficient (Wildman–Crippen LogP) is 2.04. The average molecular weight is 306 g/mol. The Labute approximate surface area is 120 Å². The highest BCUT2D eigenvalue weighted by Gasteiger charge is 2.28. The lowest BCUT2D eigenvalue weighted by molar-refractivity contribution is -0.0328. The first kappa shape index (κ1) is 15.2. The Balaban J connectivity index is 1.74. The van der Waals surface area contributed by atoms with Crippen LogP contribution in [0.15, 0.2) is 18.3 Å². The van der Waals surface area contributed by atoms with Crippen LogP contribution in [0.1, 0.15) is 0 Å². The number of piperazine rings is 1. The quantitative estimate of drug-likeness (QED) is 0.922. The van der Waals surface area contributed by atoms with Crippen molar-refractivity contribution < 1.29 is 13.2 Å². The smallest absolute Gasteiger partial charge is 0.397 e. The Kier molecular flexibility index (Phi) is 4.98. The van der Waals surface area contributed by atoms with Crippen LogP contribution in [-0.4, -0.2) is 53.9 Å². The van der Waals surface area contributed by atoms with Gasteiger partial charge in [0.05, 0.1) is 11.9 Å². The molecule has 0 aliphatic carbocycles. The van der Waals surface area contributed by atoms with Crippen LogP contribution in [0.4, 0.5) is 24.7 Å². The SMILES string of the molecule is Nc1ccc(N2CCN(CCSC(F)(F)F)CC2)nc1. The second-order valence-electron chi connectivity index (χ2n) is 4.57. The van der Waals surface area contributed by atoms with Gasteiger partial charge in [-0.3, -0.25) is 4.90 Å². The monoisotopic (exact) mass is 306 g/mol. The molecule has 0 unspecified atom stereocenters. The first-order valence-electron chi connectivity index (χ1n) is 6.33. The minimum atomic E-state index is -4.13. The maximum atomic E-state index is 12.0. The van der Waals surface area contributed by atoms with Crippen molar-refractivity contribution in [3.8, 4) is 0 Å². The Morgan fingerprint density at radius 1 is 1.20 bits per heavy atom. The predicted molar refractivity (Wildman–Crippen MR) is 75.8 cm³/mol. The van der Waals surface area contributed by atoms with Crippen molar-refractivity contribution in [2.45, 2.75) is 5.51 Å². The molecule has 2 rings (SSSR count). The number of nitrogens with zero attached hydrogens (tertiary/aromatic N) is 3. The molecule has 0 amide bonds. The molecule has 1 saturated heterocycles. The molecule has 0 bridgehead atoms. The molecule has 8 heteroatoms. The fourth-order valence-corrected chi connectivity index (χ4v) is 2.66. The largest absolute Gasteiger partial charge is 0.441 e. The van der Waals surface area contributed by atoms with Crippen LogP contribution in [0.3, 0.4) is 0 Å². The summed E-state index contributed by atoms with van der Waals surface area (Å²) in [5, 5.41) is 0. The van der Waals surface area contributed by atoms with E-state index in [2.05, 4.69) is 9.88 Å². The van der Waals surface area contributed by atoms with Crippen LogP contribution in [0.25, 0.3) is 0 Å². The Hall–Kier alpha value is -1.15. The fraction of sp³-hybridized carbons (Fsp3) is 0.583. The molecule has 0 atom stereocenters. The van der Waals surface area contributed by atoms with Crippen molar-refractivity contribution in [3.63, 3.8) is 0 Å². The van der Waals surface area contributed by atoms with Crippen molar-refractivity contribution in [2.24, 2.45) is 0 Å². The zero-order valence-electron chi connectivity index (χ0n) is 10.9. The van der Waals surface area contributed by atoms with E-state index in [1.165, 1.54) is 0 Å². The molecule has 0 aromatic carbocycles. The maximum Gasteiger partial charge on any atom is 0.441 e. The molecule has 2 heterocycles. The van der Waals surface area contributed by atoms with Gasteiger partial charge in [-0.1, -0.05) is 0 Å². The molecule has 2 N–H and O–H groups in total. The number of nitrogen functional groups attached to an aromatic ring is 1. The van der Waals surface area contributed by atoms with E-state index in [0.717, 1.165) is 32.0 Å². The second kappa shape index (κ2) is 6.53. The van der Waals surface area contributed by atoms with Gasteiger partial charge in [0, 0.05) is 38.5 Å². The van der Waals surface area contributed by atoms with Gasteiger partial charge >= 0.3 is 5.51 Å². The van der Waals surface area contributed by atoms with Crippen LogP contribution < -0.4 is 10.6 Å². The molecule has 1 aromatic heterocycles. The van der Waals surface area contributed by atoms with Crippen molar-refractivity contribution in [1.29, 1.82) is 0 Å². The molecule has 4 nitrogen and oxygen atoms in total. The maximum absolute atomic E-state index is 12.0. The average Bonchev–Trinajstić information content (AvgIpc) is 2.39. The third-order valence-electron chi connectivity index (χ3n) is 3.14. The number of hydrogen-bond donors (Lipinski definition) is 1. The molecule has 20 heavy (non-hydrogen) atoms. The minimum Gasteiger partial charge on any atom is -0.397 e. The van der Waals surface area contributed by atoms with E-state index in [1.54, 1.807) is 12.3 Å². The number of anilines is 2. The van der Waals surface area contributed by atoms with E-state index in [4.69, 9.17) is 5.73 Å². The molecule has 1 aliphatic rings. The summed E-state index contributed by atoms with van der Waals surface area (Å²) in [5.41, 5.74) is 2.08. The molecular formula is C12H17F3N4S. The van der Waals surface area contributed by atoms with Gasteiger partial charge in [0.1, 0.15) is 5.82 Å². The zero-order chi connectivity index (χ0) is 14.6. The lowest BCUT2D eigenvalue weighted by atomic mass is 10.3. The molecular weight excluding hydrogens is 289 g/mol. The van der Waals surface area contributed by atoms with Crippen molar-refractivity contribution in [1.82, 2.24) is 9.88 Å². The van der Waals surface area contributed by atoms with Gasteiger partial charge < -0.3 is 10.6 Å². The first-order valence-corrected chi connectivity index (χ1v) is 7.32. The van der Waals surface area contributed by atoms with E-state index < -0.39 is 5.51 Å². The third-order valence-corrected chi connectivity index (χ3v) is 3.85. The summed E-state index contributed by atoms with van der Waals surface area (Å²) in [7, 11) is 0. The molecule has 1 aliphatic heterocycles. The third kappa shape index (κ3) is 4.75. The standard InChI is InChI=1S/C12H17F3N4S/c13-12(14,15)20-8-7-18-3-5-19(6-4-18)11-2-1-10(16)9-17-11/h1-2,9H,3-8,16H2. The summed E-state index contributed by atoms with van der Waals surface area (Å²) in [6, 6.07) is 3.67. The van der Waals surface area contributed by atoms with Gasteiger partial charge in [0.25, 0.3) is 0 Å². The number of rotatable bonds is 4. The Morgan fingerprint density at radius 3 is 2.45 bits per heavy atom. The van der Waals surface area contributed by atoms with Crippen molar-refractivity contribution in [3.05, 3.63) is 18.3 Å². The molecule has 0 radical (unpaired) electrons. The van der Waals surface area contributed by atoms with Crippen LogP contribution in [0.5, 0.6) is 0 Å². The van der Waals surface area contributed by atoms with Crippen LogP contribution >= 0.6 is 11.8 Å². The van der Waals surface area contributed by atoms with Gasteiger partial charge in [-0.05, 0) is 23.9 Å². The number of thioether (sulfide) groups is 1. The number of aromatic nitrogens is 1. The first-order chi connectivity index (χ1) is 9.44. The van der Waals surface area contributed by atoms with E-state index in [-0.39, 0.29) is 17.5 Å². The van der Waals surface area contributed by atoms with Crippen LogP contribution in [-0.2, 0) is 0 Å². The van der Waals surface area contributed by atoms with Crippen LogP contribution in [0.2, 0.25) is 0 Å². The van der Waals surface area contributed by atoms with E-state index in [1.807, 2.05) is 11.0 Å². The number of halogens is 3. The van der Waals surface area contributed by atoms with Crippen molar-refractivity contribution >= 4 is 23.3 Å². The topological polar surface area (TPSA) is 45.4 Å². The van der Waals surface area contributed by atoms with Gasteiger partial charge in [-0.25, -0.2) is 4.98 Å². The summed E-state index contributed by atoms with van der Waals surface area (Å²) in [6.45, 7) is 3.52. The summed E-state index contributed by atoms with van der Waals surface area (Å²) in [5.74, 6) is 0.951. The fourth-order valence-electron chi connectivity index (χ4n) is 2.08. The van der Waals surface area contributed by atoms with E-state index in [0.29, 0.717) is 12.2 Å². The summed E-state index contributed by atoms with van der Waals surface area (Å²) in [4.78, 5) is 8.42. The lowest BCUT2D eigenvalue weighted by Crippen LogP contribution is -2.47. The second-order valence-corrected chi connectivity index (χ2v) is 5.73. The molecule has 0 saturated carbocycles. The van der Waals surface area contributed by atoms with E-state index in [9.17, 15) is 13.2 Å².